The molecule has 0 unspecified atom stereocenters. The van der Waals surface area contributed by atoms with E-state index in [0.29, 0.717) is 6.61 Å². The van der Waals surface area contributed by atoms with Crippen molar-refractivity contribution in [1.82, 2.24) is 15.0 Å². The van der Waals surface area contributed by atoms with Crippen molar-refractivity contribution in [3.05, 3.63) is 60.2 Å². The highest BCUT2D eigenvalue weighted by molar-refractivity contribution is 5.74. The Balaban J connectivity index is 1.68. The van der Waals surface area contributed by atoms with Crippen LogP contribution in [-0.2, 0) is 17.1 Å². The van der Waals surface area contributed by atoms with Gasteiger partial charge in [0.2, 0.25) is 0 Å². The van der Waals surface area contributed by atoms with E-state index in [1.807, 2.05) is 28.9 Å². The summed E-state index contributed by atoms with van der Waals surface area (Å²) in [6, 6.07) is 18.5. The van der Waals surface area contributed by atoms with Crippen molar-refractivity contribution < 1.29 is 4.74 Å². The van der Waals surface area contributed by atoms with Gasteiger partial charge in [-0.05, 0) is 43.4 Å². The van der Waals surface area contributed by atoms with Crippen LogP contribution in [0.15, 0.2) is 54.6 Å². The highest BCUT2D eigenvalue weighted by Gasteiger charge is 2.37. The van der Waals surface area contributed by atoms with Gasteiger partial charge in [0.1, 0.15) is 5.52 Å². The van der Waals surface area contributed by atoms with Crippen molar-refractivity contribution in [1.29, 1.82) is 0 Å². The lowest BCUT2D eigenvalue weighted by atomic mass is 9.91. The third-order valence-corrected chi connectivity index (χ3v) is 4.72. The molecule has 3 aromatic rings. The normalized spacial score (nSPS) is 17.4. The van der Waals surface area contributed by atoms with Crippen molar-refractivity contribution in [2.24, 2.45) is 0 Å². The maximum Gasteiger partial charge on any atom is 0.163 e. The molecule has 4 heteroatoms. The van der Waals surface area contributed by atoms with Crippen LogP contribution in [0.5, 0.6) is 0 Å². The van der Waals surface area contributed by atoms with Crippen LogP contribution in [0, 0.1) is 0 Å². The van der Waals surface area contributed by atoms with Crippen LogP contribution in [0.4, 0.5) is 0 Å². The van der Waals surface area contributed by atoms with E-state index in [1.165, 1.54) is 24.8 Å². The second kappa shape index (κ2) is 6.13. The van der Waals surface area contributed by atoms with Gasteiger partial charge in [-0.2, -0.15) is 0 Å². The minimum absolute atomic E-state index is 0.371. The fraction of sp³-hybridized carbons (Fsp3) is 0.368. The zero-order chi connectivity index (χ0) is 15.5. The maximum absolute atomic E-state index is 6.47. The van der Waals surface area contributed by atoms with E-state index < -0.39 is 0 Å². The first-order chi connectivity index (χ1) is 11.4. The van der Waals surface area contributed by atoms with Gasteiger partial charge >= 0.3 is 0 Å². The van der Waals surface area contributed by atoms with Gasteiger partial charge in [0.15, 0.2) is 5.72 Å². The first-order valence-corrected chi connectivity index (χ1v) is 8.36. The molecule has 118 valence electrons. The first-order valence-electron chi connectivity index (χ1n) is 8.36. The van der Waals surface area contributed by atoms with E-state index in [0.717, 1.165) is 23.9 Å². The van der Waals surface area contributed by atoms with Crippen LogP contribution in [0.2, 0.25) is 0 Å². The Morgan fingerprint density at radius 3 is 2.48 bits per heavy atom. The third-order valence-electron chi connectivity index (χ3n) is 4.72. The zero-order valence-corrected chi connectivity index (χ0v) is 13.2. The van der Waals surface area contributed by atoms with Gasteiger partial charge < -0.3 is 4.74 Å². The summed E-state index contributed by atoms with van der Waals surface area (Å²) in [7, 11) is 0. The molecule has 0 N–H and O–H groups in total. The minimum Gasteiger partial charge on any atom is -0.349 e. The Morgan fingerprint density at radius 2 is 1.65 bits per heavy atom. The predicted molar refractivity (Wildman–Crippen MR) is 89.8 cm³/mol. The van der Waals surface area contributed by atoms with E-state index in [2.05, 4.69) is 40.6 Å². The van der Waals surface area contributed by atoms with Crippen molar-refractivity contribution in [3.63, 3.8) is 0 Å². The molecule has 1 aliphatic carbocycles. The molecular formula is C19H21N3O. The monoisotopic (exact) mass is 307 g/mol. The largest absolute Gasteiger partial charge is 0.349 e. The molecule has 0 amide bonds. The maximum atomic E-state index is 6.47. The third kappa shape index (κ3) is 2.75. The molecule has 1 aromatic heterocycles. The van der Waals surface area contributed by atoms with Crippen LogP contribution in [0.3, 0.4) is 0 Å². The van der Waals surface area contributed by atoms with Crippen LogP contribution in [0.1, 0.15) is 37.7 Å². The van der Waals surface area contributed by atoms with E-state index in [9.17, 15) is 0 Å². The molecule has 1 saturated carbocycles. The van der Waals surface area contributed by atoms with Gasteiger partial charge in [0, 0.05) is 0 Å². The Labute approximate surface area is 136 Å². The Kier molecular flexibility index (Phi) is 3.83. The number of rotatable bonds is 4. The number of benzene rings is 2. The average Bonchev–Trinajstić information content (AvgIpc) is 3.06. The lowest BCUT2D eigenvalue weighted by molar-refractivity contribution is -0.146. The van der Waals surface area contributed by atoms with E-state index in [1.54, 1.807) is 0 Å². The molecule has 2 aromatic carbocycles. The van der Waals surface area contributed by atoms with E-state index >= 15 is 0 Å². The Hall–Kier alpha value is -2.20. The van der Waals surface area contributed by atoms with Crippen LogP contribution < -0.4 is 0 Å². The van der Waals surface area contributed by atoms with Gasteiger partial charge in [-0.25, -0.2) is 4.68 Å². The van der Waals surface area contributed by atoms with Crippen LogP contribution >= 0.6 is 0 Å². The lowest BCUT2D eigenvalue weighted by Crippen LogP contribution is -2.39. The molecule has 1 fully saturated rings. The smallest absolute Gasteiger partial charge is 0.163 e. The fourth-order valence-corrected chi connectivity index (χ4v) is 3.48. The number of para-hydroxylation sites is 1. The molecule has 23 heavy (non-hydrogen) atoms. The Morgan fingerprint density at radius 1 is 0.913 bits per heavy atom. The van der Waals surface area contributed by atoms with Crippen LogP contribution in [-0.4, -0.2) is 15.0 Å². The highest BCUT2D eigenvalue weighted by Crippen LogP contribution is 2.38. The molecule has 0 atom stereocenters. The van der Waals surface area contributed by atoms with Crippen LogP contribution in [0.25, 0.3) is 11.0 Å². The molecule has 0 radical (unpaired) electrons. The molecule has 0 aliphatic heterocycles. The number of fused-ring (bicyclic) bond motifs is 1. The van der Waals surface area contributed by atoms with Gasteiger partial charge in [0.05, 0.1) is 12.1 Å². The first kappa shape index (κ1) is 14.4. The fourth-order valence-electron chi connectivity index (χ4n) is 3.48. The minimum atomic E-state index is -0.371. The molecule has 1 heterocycles. The molecule has 0 bridgehead atoms. The molecule has 0 spiro atoms. The zero-order valence-electron chi connectivity index (χ0n) is 13.2. The summed E-state index contributed by atoms with van der Waals surface area (Å²) in [6.07, 6.45) is 5.59. The topological polar surface area (TPSA) is 39.9 Å². The second-order valence-electron chi connectivity index (χ2n) is 6.27. The summed E-state index contributed by atoms with van der Waals surface area (Å²) in [5, 5.41) is 8.77. The number of aromatic nitrogens is 3. The number of hydrogen-bond donors (Lipinski definition) is 0. The van der Waals surface area contributed by atoms with Crippen molar-refractivity contribution >= 4 is 11.0 Å². The summed E-state index contributed by atoms with van der Waals surface area (Å²) in [5.74, 6) is 0. The van der Waals surface area contributed by atoms with Gasteiger partial charge in [0.25, 0.3) is 0 Å². The molecule has 1 aliphatic rings. The molecule has 0 saturated heterocycles. The van der Waals surface area contributed by atoms with Gasteiger partial charge in [-0.3, -0.25) is 0 Å². The predicted octanol–water partition coefficient (Wildman–Crippen LogP) is 4.27. The lowest BCUT2D eigenvalue weighted by Gasteiger charge is -2.37. The highest BCUT2D eigenvalue weighted by atomic mass is 16.5. The summed E-state index contributed by atoms with van der Waals surface area (Å²) < 4.78 is 8.49. The Bertz CT molecular complexity index is 775. The summed E-state index contributed by atoms with van der Waals surface area (Å²) in [5.41, 5.74) is 2.81. The van der Waals surface area contributed by atoms with Gasteiger partial charge in [-0.1, -0.05) is 54.1 Å². The molecule has 4 nitrogen and oxygen atoms in total. The van der Waals surface area contributed by atoms with E-state index in [4.69, 9.17) is 4.74 Å². The van der Waals surface area contributed by atoms with Crippen molar-refractivity contribution in [3.8, 4) is 0 Å². The number of ether oxygens (including phenoxy) is 1. The quantitative estimate of drug-likeness (QED) is 0.723. The molecular weight excluding hydrogens is 286 g/mol. The SMILES string of the molecule is c1ccc(COC2(n3nnc4ccccc43)CCCCC2)cc1. The molecule has 4 rings (SSSR count). The average molecular weight is 307 g/mol. The summed E-state index contributed by atoms with van der Waals surface area (Å²) in [4.78, 5) is 0. The number of nitrogens with zero attached hydrogens (tertiary/aromatic N) is 3. The standard InChI is InChI=1S/C19H21N3O/c1-3-9-16(10-4-1)15-23-19(13-7-2-8-14-19)22-18-12-6-5-11-17(18)20-21-22/h1,3-6,9-12H,2,7-8,13-15H2. The number of hydrogen-bond acceptors (Lipinski definition) is 3. The van der Waals surface area contributed by atoms with Crippen molar-refractivity contribution in [2.45, 2.75) is 44.4 Å². The van der Waals surface area contributed by atoms with Crippen molar-refractivity contribution in [2.75, 3.05) is 0 Å². The van der Waals surface area contributed by atoms with E-state index in [-0.39, 0.29) is 5.72 Å². The second-order valence-corrected chi connectivity index (χ2v) is 6.27. The van der Waals surface area contributed by atoms with Gasteiger partial charge in [-0.15, -0.1) is 5.10 Å². The summed E-state index contributed by atoms with van der Waals surface area (Å²) >= 11 is 0. The summed E-state index contributed by atoms with van der Waals surface area (Å²) in [6.45, 7) is 0.606.